The van der Waals surface area contributed by atoms with E-state index in [1.165, 1.54) is 16.8 Å². The predicted molar refractivity (Wildman–Crippen MR) is 120 cm³/mol. The summed E-state index contributed by atoms with van der Waals surface area (Å²) in [6, 6.07) is 10.8. The van der Waals surface area contributed by atoms with Crippen molar-refractivity contribution in [3.8, 4) is 0 Å². The number of benzene rings is 1. The molecule has 144 valence electrons. The van der Waals surface area contributed by atoms with Gasteiger partial charge in [0.25, 0.3) is 0 Å². The molecule has 1 aromatic carbocycles. The highest BCUT2D eigenvalue weighted by Gasteiger charge is 2.13. The molecular formula is C20H32IN5. The van der Waals surface area contributed by atoms with Gasteiger partial charge in [0.15, 0.2) is 5.96 Å². The van der Waals surface area contributed by atoms with E-state index in [4.69, 9.17) is 5.10 Å². The summed E-state index contributed by atoms with van der Waals surface area (Å²) < 4.78 is 2.08. The molecule has 1 unspecified atom stereocenters. The molecular weight excluding hydrogens is 437 g/mol. The van der Waals surface area contributed by atoms with Crippen LogP contribution in [0.5, 0.6) is 0 Å². The number of aliphatic imine (C=N–C) groups is 1. The molecule has 5 nitrogen and oxygen atoms in total. The minimum Gasteiger partial charge on any atom is -0.354 e. The van der Waals surface area contributed by atoms with Gasteiger partial charge >= 0.3 is 0 Å². The predicted octanol–water partition coefficient (Wildman–Crippen LogP) is 3.88. The van der Waals surface area contributed by atoms with Crippen molar-refractivity contribution in [1.29, 1.82) is 0 Å². The maximum absolute atomic E-state index is 4.71. The fraction of sp³-hybridized carbons (Fsp3) is 0.500. The number of nitrogens with zero attached hydrogens (tertiary/aromatic N) is 3. The van der Waals surface area contributed by atoms with Gasteiger partial charge in [-0.2, -0.15) is 5.10 Å². The molecule has 2 rings (SSSR count). The first-order valence-electron chi connectivity index (χ1n) is 8.96. The van der Waals surface area contributed by atoms with Crippen molar-refractivity contribution >= 4 is 29.9 Å². The maximum atomic E-state index is 4.71. The minimum absolute atomic E-state index is 0. The first kappa shape index (κ1) is 22.5. The molecule has 1 atom stereocenters. The van der Waals surface area contributed by atoms with Crippen molar-refractivity contribution < 1.29 is 0 Å². The highest BCUT2D eigenvalue weighted by atomic mass is 127. The van der Waals surface area contributed by atoms with Crippen LogP contribution in [0.25, 0.3) is 0 Å². The molecule has 0 spiro atoms. The Balaban J connectivity index is 0.00000338. The Morgan fingerprint density at radius 2 is 1.81 bits per heavy atom. The molecule has 0 saturated heterocycles. The molecule has 2 aromatic rings. The van der Waals surface area contributed by atoms with Crippen LogP contribution in [0.3, 0.4) is 0 Å². The number of aryl methyl sites for hydroxylation is 1. The van der Waals surface area contributed by atoms with Gasteiger partial charge in [-0.25, -0.2) is 0 Å². The number of nitrogens with one attached hydrogen (secondary N) is 2. The Labute approximate surface area is 174 Å². The smallest absolute Gasteiger partial charge is 0.191 e. The number of halogens is 1. The monoisotopic (exact) mass is 469 g/mol. The molecule has 0 amide bonds. The molecule has 26 heavy (non-hydrogen) atoms. The largest absolute Gasteiger partial charge is 0.354 e. The molecule has 1 heterocycles. The number of rotatable bonds is 6. The van der Waals surface area contributed by atoms with Crippen LogP contribution in [0.4, 0.5) is 0 Å². The summed E-state index contributed by atoms with van der Waals surface area (Å²) in [4.78, 5) is 4.33. The lowest BCUT2D eigenvalue weighted by atomic mass is 10.1. The molecule has 0 aliphatic rings. The molecule has 6 heteroatoms. The second kappa shape index (κ2) is 10.5. The number of hydrogen-bond donors (Lipinski definition) is 2. The van der Waals surface area contributed by atoms with Gasteiger partial charge in [-0.3, -0.25) is 9.67 Å². The summed E-state index contributed by atoms with van der Waals surface area (Å²) in [5, 5.41) is 11.6. The number of hydrogen-bond acceptors (Lipinski definition) is 2. The van der Waals surface area contributed by atoms with Gasteiger partial charge in [0.2, 0.25) is 0 Å². The fourth-order valence-electron chi connectivity index (χ4n) is 2.65. The van der Waals surface area contributed by atoms with E-state index >= 15 is 0 Å². The van der Waals surface area contributed by atoms with Crippen LogP contribution in [0.2, 0.25) is 0 Å². The maximum Gasteiger partial charge on any atom is 0.191 e. The first-order chi connectivity index (χ1) is 11.9. The third-order valence-electron chi connectivity index (χ3n) is 4.73. The molecule has 0 aliphatic carbocycles. The van der Waals surface area contributed by atoms with Gasteiger partial charge in [0.1, 0.15) is 0 Å². The van der Waals surface area contributed by atoms with Gasteiger partial charge in [-0.05, 0) is 32.3 Å². The summed E-state index contributed by atoms with van der Waals surface area (Å²) >= 11 is 0. The third kappa shape index (κ3) is 6.00. The van der Waals surface area contributed by atoms with E-state index in [9.17, 15) is 0 Å². The Morgan fingerprint density at radius 1 is 1.15 bits per heavy atom. The third-order valence-corrected chi connectivity index (χ3v) is 4.73. The van der Waals surface area contributed by atoms with Crippen LogP contribution in [-0.2, 0) is 13.1 Å². The van der Waals surface area contributed by atoms with E-state index < -0.39 is 0 Å². The normalized spacial score (nSPS) is 12.7. The van der Waals surface area contributed by atoms with Crippen LogP contribution >= 0.6 is 24.0 Å². The highest BCUT2D eigenvalue weighted by molar-refractivity contribution is 14.0. The summed E-state index contributed by atoms with van der Waals surface area (Å²) in [6.07, 6.45) is 0. The number of guanidine groups is 1. The van der Waals surface area contributed by atoms with E-state index in [1.54, 1.807) is 7.05 Å². The van der Waals surface area contributed by atoms with Crippen LogP contribution in [0.15, 0.2) is 35.3 Å². The lowest BCUT2D eigenvalue weighted by Crippen LogP contribution is -2.44. The molecule has 0 bridgehead atoms. The Morgan fingerprint density at radius 3 is 2.38 bits per heavy atom. The van der Waals surface area contributed by atoms with Gasteiger partial charge in [0, 0.05) is 30.9 Å². The lowest BCUT2D eigenvalue weighted by Gasteiger charge is -2.20. The zero-order valence-electron chi connectivity index (χ0n) is 16.7. The van der Waals surface area contributed by atoms with Gasteiger partial charge in [-0.15, -0.1) is 24.0 Å². The van der Waals surface area contributed by atoms with Crippen LogP contribution < -0.4 is 10.6 Å². The Kier molecular flexibility index (Phi) is 9.12. The fourth-order valence-corrected chi connectivity index (χ4v) is 2.65. The SMILES string of the molecule is CN=C(NCc1c(C)nn(Cc2ccccc2)c1C)NC(C)C(C)C.I. The zero-order valence-corrected chi connectivity index (χ0v) is 19.0. The summed E-state index contributed by atoms with van der Waals surface area (Å²) in [7, 11) is 1.81. The standard InChI is InChI=1S/C20H31N5.HI/c1-14(2)15(3)23-20(21-6)22-12-19-16(4)24-25(17(19)5)13-18-10-8-7-9-11-18;/h7-11,14-15H,12-13H2,1-6H3,(H2,21,22,23);1H. The summed E-state index contributed by atoms with van der Waals surface area (Å²) in [6.45, 7) is 12.3. The molecule has 0 fully saturated rings. The topological polar surface area (TPSA) is 54.2 Å². The van der Waals surface area contributed by atoms with Crippen molar-refractivity contribution in [3.05, 3.63) is 52.8 Å². The van der Waals surface area contributed by atoms with E-state index in [0.717, 1.165) is 24.7 Å². The Bertz CT molecular complexity index is 706. The van der Waals surface area contributed by atoms with Crippen LogP contribution in [-0.4, -0.2) is 28.8 Å². The van der Waals surface area contributed by atoms with Gasteiger partial charge in [0.05, 0.1) is 12.2 Å². The average molecular weight is 469 g/mol. The highest BCUT2D eigenvalue weighted by Crippen LogP contribution is 2.14. The quantitative estimate of drug-likeness (QED) is 0.384. The second-order valence-corrected chi connectivity index (χ2v) is 6.90. The zero-order chi connectivity index (χ0) is 18.4. The van der Waals surface area contributed by atoms with Crippen LogP contribution in [0.1, 0.15) is 43.3 Å². The number of aromatic nitrogens is 2. The van der Waals surface area contributed by atoms with E-state index in [1.807, 2.05) is 6.07 Å². The van der Waals surface area contributed by atoms with Gasteiger partial charge < -0.3 is 10.6 Å². The van der Waals surface area contributed by atoms with Crippen molar-refractivity contribution in [1.82, 2.24) is 20.4 Å². The molecule has 0 saturated carbocycles. The molecule has 0 aliphatic heterocycles. The molecule has 0 radical (unpaired) electrons. The molecule has 2 N–H and O–H groups in total. The Hall–Kier alpha value is -1.57. The molecule has 1 aromatic heterocycles. The van der Waals surface area contributed by atoms with Crippen LogP contribution in [0, 0.1) is 19.8 Å². The van der Waals surface area contributed by atoms with Gasteiger partial charge in [-0.1, -0.05) is 44.2 Å². The van der Waals surface area contributed by atoms with Crippen molar-refractivity contribution in [2.24, 2.45) is 10.9 Å². The lowest BCUT2D eigenvalue weighted by molar-refractivity contribution is 0.481. The summed E-state index contributed by atoms with van der Waals surface area (Å²) in [5.41, 5.74) is 4.75. The van der Waals surface area contributed by atoms with E-state index in [2.05, 4.69) is 79.2 Å². The van der Waals surface area contributed by atoms with Crippen molar-refractivity contribution in [2.75, 3.05) is 7.05 Å². The van der Waals surface area contributed by atoms with E-state index in [0.29, 0.717) is 12.0 Å². The average Bonchev–Trinajstić information content (AvgIpc) is 2.85. The summed E-state index contributed by atoms with van der Waals surface area (Å²) in [5.74, 6) is 1.38. The van der Waals surface area contributed by atoms with Crippen molar-refractivity contribution in [2.45, 2.75) is 53.8 Å². The minimum atomic E-state index is 0. The first-order valence-corrected chi connectivity index (χ1v) is 8.96. The second-order valence-electron chi connectivity index (χ2n) is 6.90. The van der Waals surface area contributed by atoms with E-state index in [-0.39, 0.29) is 24.0 Å². The van der Waals surface area contributed by atoms with Crippen molar-refractivity contribution in [3.63, 3.8) is 0 Å².